The van der Waals surface area contributed by atoms with Crippen molar-refractivity contribution >= 4 is 35.2 Å². The molecule has 174 valence electrons. The van der Waals surface area contributed by atoms with E-state index in [2.05, 4.69) is 5.32 Å². The van der Waals surface area contributed by atoms with E-state index in [1.165, 1.54) is 11.8 Å². The van der Waals surface area contributed by atoms with E-state index in [0.29, 0.717) is 42.0 Å². The number of nitrogens with one attached hydrogen (secondary N) is 1. The topological polar surface area (TPSA) is 58.6 Å². The van der Waals surface area contributed by atoms with Crippen molar-refractivity contribution in [2.75, 3.05) is 19.4 Å². The van der Waals surface area contributed by atoms with E-state index in [0.717, 1.165) is 16.9 Å². The third-order valence-electron chi connectivity index (χ3n) is 4.97. The molecule has 0 aliphatic heterocycles. The molecule has 2 aromatic carbocycles. The number of benzene rings is 2. The predicted octanol–water partition coefficient (Wildman–Crippen LogP) is 5.16. The average Bonchev–Trinajstić information content (AvgIpc) is 2.78. The highest BCUT2D eigenvalue weighted by Crippen LogP contribution is 2.20. The number of rotatable bonds is 12. The van der Waals surface area contributed by atoms with Crippen LogP contribution in [-0.2, 0) is 21.9 Å². The van der Waals surface area contributed by atoms with E-state index in [-0.39, 0.29) is 11.8 Å². The zero-order valence-corrected chi connectivity index (χ0v) is 20.8. The van der Waals surface area contributed by atoms with E-state index in [1.807, 2.05) is 69.3 Å². The van der Waals surface area contributed by atoms with Crippen LogP contribution in [0, 0.1) is 5.92 Å². The lowest BCUT2D eigenvalue weighted by Crippen LogP contribution is -2.50. The number of methoxy groups -OCH3 is 1. The molecule has 2 amide bonds. The summed E-state index contributed by atoms with van der Waals surface area (Å²) in [5.41, 5.74) is 2.03. The highest BCUT2D eigenvalue weighted by molar-refractivity contribution is 7.99. The van der Waals surface area contributed by atoms with Crippen LogP contribution in [0.3, 0.4) is 0 Å². The fourth-order valence-electron chi connectivity index (χ4n) is 3.23. The molecule has 0 fully saturated rings. The largest absolute Gasteiger partial charge is 0.497 e. The predicted molar refractivity (Wildman–Crippen MR) is 133 cm³/mol. The van der Waals surface area contributed by atoms with Crippen molar-refractivity contribution in [2.24, 2.45) is 5.92 Å². The van der Waals surface area contributed by atoms with Crippen LogP contribution in [0.25, 0.3) is 0 Å². The Balaban J connectivity index is 2.13. The summed E-state index contributed by atoms with van der Waals surface area (Å²) in [6.07, 6.45) is 0.543. The van der Waals surface area contributed by atoms with E-state index < -0.39 is 6.04 Å². The molecule has 7 heteroatoms. The van der Waals surface area contributed by atoms with Crippen molar-refractivity contribution in [3.05, 3.63) is 64.7 Å². The number of hydrogen-bond acceptors (Lipinski definition) is 4. The van der Waals surface area contributed by atoms with Crippen LogP contribution in [-0.4, -0.2) is 42.2 Å². The van der Waals surface area contributed by atoms with E-state index >= 15 is 0 Å². The first-order valence-corrected chi connectivity index (χ1v) is 12.4. The number of carbonyl (C=O) groups excluding carboxylic acids is 2. The fraction of sp³-hybridized carbons (Fsp3) is 0.440. The van der Waals surface area contributed by atoms with Gasteiger partial charge in [0.1, 0.15) is 11.8 Å². The first-order valence-electron chi connectivity index (χ1n) is 10.9. The molecule has 2 aromatic rings. The third kappa shape index (κ3) is 8.40. The third-order valence-corrected chi connectivity index (χ3v) is 6.21. The highest BCUT2D eigenvalue weighted by Gasteiger charge is 2.28. The van der Waals surface area contributed by atoms with Crippen molar-refractivity contribution in [2.45, 2.75) is 45.5 Å². The summed E-state index contributed by atoms with van der Waals surface area (Å²) in [5, 5.41) is 3.68. The molecule has 0 bridgehead atoms. The molecule has 1 N–H and O–H groups in total. The second kappa shape index (κ2) is 13.4. The molecule has 0 saturated heterocycles. The summed E-state index contributed by atoms with van der Waals surface area (Å²) in [6.45, 7) is 6.97. The maximum Gasteiger partial charge on any atom is 0.242 e. The second-order valence-electron chi connectivity index (χ2n) is 8.06. The van der Waals surface area contributed by atoms with Gasteiger partial charge >= 0.3 is 0 Å². The van der Waals surface area contributed by atoms with Crippen LogP contribution in [0.1, 0.15) is 38.3 Å². The number of thioether (sulfide) groups is 1. The maximum atomic E-state index is 13.3. The monoisotopic (exact) mass is 476 g/mol. The highest BCUT2D eigenvalue weighted by atomic mass is 35.5. The van der Waals surface area contributed by atoms with Crippen molar-refractivity contribution in [3.63, 3.8) is 0 Å². The Labute approximate surface area is 200 Å². The van der Waals surface area contributed by atoms with E-state index in [9.17, 15) is 9.59 Å². The van der Waals surface area contributed by atoms with Gasteiger partial charge < -0.3 is 15.0 Å². The van der Waals surface area contributed by atoms with Crippen LogP contribution < -0.4 is 10.1 Å². The van der Waals surface area contributed by atoms with Gasteiger partial charge in [-0.05, 0) is 47.7 Å². The van der Waals surface area contributed by atoms with Crippen molar-refractivity contribution < 1.29 is 14.3 Å². The smallest absolute Gasteiger partial charge is 0.242 e. The van der Waals surface area contributed by atoms with E-state index in [4.69, 9.17) is 16.3 Å². The lowest BCUT2D eigenvalue weighted by molar-refractivity contribution is -0.139. The summed E-state index contributed by atoms with van der Waals surface area (Å²) in [6, 6.07) is 14.7. The number of nitrogens with zero attached hydrogens (tertiary/aromatic N) is 1. The van der Waals surface area contributed by atoms with Gasteiger partial charge in [-0.3, -0.25) is 9.59 Å². The average molecular weight is 477 g/mol. The zero-order chi connectivity index (χ0) is 23.5. The summed E-state index contributed by atoms with van der Waals surface area (Å²) < 4.78 is 5.32. The first kappa shape index (κ1) is 26.1. The van der Waals surface area contributed by atoms with Crippen LogP contribution in [0.2, 0.25) is 5.02 Å². The van der Waals surface area contributed by atoms with E-state index in [1.54, 1.807) is 12.0 Å². The molecule has 2 rings (SSSR count). The van der Waals surface area contributed by atoms with Crippen LogP contribution >= 0.6 is 23.4 Å². The van der Waals surface area contributed by atoms with Gasteiger partial charge in [-0.1, -0.05) is 56.6 Å². The van der Waals surface area contributed by atoms with Gasteiger partial charge in [0.2, 0.25) is 11.8 Å². The Bertz CT molecular complexity index is 874. The summed E-state index contributed by atoms with van der Waals surface area (Å²) in [7, 11) is 1.61. The number of ether oxygens (including phenoxy) is 1. The number of hydrogen-bond donors (Lipinski definition) is 1. The summed E-state index contributed by atoms with van der Waals surface area (Å²) >= 11 is 7.48. The quantitative estimate of drug-likeness (QED) is 0.459. The summed E-state index contributed by atoms with van der Waals surface area (Å²) in [4.78, 5) is 27.9. The lowest BCUT2D eigenvalue weighted by Gasteiger charge is -2.31. The normalized spacial score (nSPS) is 11.8. The molecule has 0 radical (unpaired) electrons. The minimum absolute atomic E-state index is 0.0571. The van der Waals surface area contributed by atoms with Crippen LogP contribution in [0.5, 0.6) is 5.75 Å². The molecular weight excluding hydrogens is 444 g/mol. The van der Waals surface area contributed by atoms with Gasteiger partial charge in [-0.2, -0.15) is 0 Å². The first-order chi connectivity index (χ1) is 15.3. The zero-order valence-electron chi connectivity index (χ0n) is 19.3. The molecule has 0 aliphatic rings. The summed E-state index contributed by atoms with van der Waals surface area (Å²) in [5.74, 6) is 1.89. The molecule has 0 saturated carbocycles. The number of carbonyl (C=O) groups is 2. The SMILES string of the molecule is CC[C@@H](C(=O)NCC(C)C)N(Cc1cccc(OC)c1)C(=O)CSCc1ccc(Cl)cc1. The molecule has 32 heavy (non-hydrogen) atoms. The molecule has 0 heterocycles. The molecule has 0 aromatic heterocycles. The van der Waals surface area contributed by atoms with Gasteiger partial charge in [0.15, 0.2) is 0 Å². The minimum atomic E-state index is -0.524. The van der Waals surface area contributed by atoms with Crippen molar-refractivity contribution in [3.8, 4) is 5.75 Å². The lowest BCUT2D eigenvalue weighted by atomic mass is 10.1. The minimum Gasteiger partial charge on any atom is -0.497 e. The van der Waals surface area contributed by atoms with Crippen molar-refractivity contribution in [1.82, 2.24) is 10.2 Å². The number of amides is 2. The molecule has 0 unspecified atom stereocenters. The molecular formula is C25H33ClN2O3S. The Hall–Kier alpha value is -2.18. The fourth-order valence-corrected chi connectivity index (χ4v) is 4.23. The second-order valence-corrected chi connectivity index (χ2v) is 9.48. The molecule has 0 aliphatic carbocycles. The van der Waals surface area contributed by atoms with Crippen LogP contribution in [0.4, 0.5) is 0 Å². The van der Waals surface area contributed by atoms with Crippen LogP contribution in [0.15, 0.2) is 48.5 Å². The molecule has 0 spiro atoms. The Morgan fingerprint density at radius 2 is 1.84 bits per heavy atom. The Kier molecular flexibility index (Phi) is 10.9. The van der Waals surface area contributed by atoms with Crippen molar-refractivity contribution in [1.29, 1.82) is 0 Å². The standard InChI is InChI=1S/C25H33ClN2O3S/c1-5-23(25(30)27-14-18(2)3)28(15-20-7-6-8-22(13-20)31-4)24(29)17-32-16-19-9-11-21(26)12-10-19/h6-13,18,23H,5,14-17H2,1-4H3,(H,27,30)/t23-/m0/s1. The molecule has 1 atom stereocenters. The van der Waals surface area contributed by atoms with Gasteiger partial charge in [-0.25, -0.2) is 0 Å². The van der Waals surface area contributed by atoms with Gasteiger partial charge in [-0.15, -0.1) is 11.8 Å². The Morgan fingerprint density at radius 3 is 2.47 bits per heavy atom. The number of halogens is 1. The van der Waals surface area contributed by atoms with Gasteiger partial charge in [0.25, 0.3) is 0 Å². The Morgan fingerprint density at radius 1 is 1.12 bits per heavy atom. The van der Waals surface area contributed by atoms with Gasteiger partial charge in [0, 0.05) is 23.9 Å². The van der Waals surface area contributed by atoms with Gasteiger partial charge in [0.05, 0.1) is 12.9 Å². The maximum absolute atomic E-state index is 13.3. The molecule has 5 nitrogen and oxygen atoms in total.